The molecule has 1 atom stereocenters. The Morgan fingerprint density at radius 3 is 3.14 bits per heavy atom. The van der Waals surface area contributed by atoms with Gasteiger partial charge in [-0.25, -0.2) is 0 Å². The summed E-state index contributed by atoms with van der Waals surface area (Å²) in [6, 6.07) is 7.85. The summed E-state index contributed by atoms with van der Waals surface area (Å²) in [7, 11) is 0. The molecule has 1 unspecified atom stereocenters. The number of benzene rings is 1. The van der Waals surface area contributed by atoms with Crippen molar-refractivity contribution in [2.24, 2.45) is 5.92 Å². The van der Waals surface area contributed by atoms with Crippen molar-refractivity contribution < 1.29 is 9.63 Å². The highest BCUT2D eigenvalue weighted by Gasteiger charge is 2.21. The number of likely N-dealkylation sites (tertiary alicyclic amines) is 1. The highest BCUT2D eigenvalue weighted by Crippen LogP contribution is 2.22. The Bertz CT molecular complexity index is 602. The molecule has 2 aromatic rings. The van der Waals surface area contributed by atoms with Gasteiger partial charge < -0.3 is 9.63 Å². The summed E-state index contributed by atoms with van der Waals surface area (Å²) < 4.78 is 6.34. The lowest BCUT2D eigenvalue weighted by Gasteiger charge is -2.30. The van der Waals surface area contributed by atoms with Crippen LogP contribution in [0.2, 0.25) is 0 Å². The first-order valence-corrected chi connectivity index (χ1v) is 7.95. The molecule has 0 aliphatic carbocycles. The maximum Gasteiger partial charge on any atom is 0.241 e. The van der Waals surface area contributed by atoms with Gasteiger partial charge in [0.15, 0.2) is 0 Å². The number of aliphatic hydroxyl groups excluding tert-OH is 1. The molecule has 0 radical (unpaired) electrons. The Morgan fingerprint density at radius 2 is 2.33 bits per heavy atom. The molecule has 0 saturated carbocycles. The molecule has 5 nitrogen and oxygen atoms in total. The molecule has 1 aromatic carbocycles. The third kappa shape index (κ3) is 3.70. The van der Waals surface area contributed by atoms with Crippen molar-refractivity contribution in [1.82, 2.24) is 15.0 Å². The standard InChI is InChI=1S/C15H18BrN3O2/c16-13-5-1-4-12(7-13)15-17-14(21-18-15)9-19-6-2-3-11(8-19)10-20/h1,4-5,7,11,20H,2-3,6,8-10H2. The lowest BCUT2D eigenvalue weighted by atomic mass is 9.99. The first kappa shape index (κ1) is 14.7. The molecule has 3 rings (SSSR count). The number of nitrogens with zero attached hydrogens (tertiary/aromatic N) is 3. The van der Waals surface area contributed by atoms with Crippen molar-refractivity contribution in [2.45, 2.75) is 19.4 Å². The van der Waals surface area contributed by atoms with Gasteiger partial charge in [0.1, 0.15) is 0 Å². The Kier molecular flexibility index (Phi) is 4.67. The normalized spacial score (nSPS) is 19.8. The van der Waals surface area contributed by atoms with Crippen molar-refractivity contribution in [1.29, 1.82) is 0 Å². The second-order valence-electron chi connectivity index (χ2n) is 5.45. The van der Waals surface area contributed by atoms with Crippen LogP contribution >= 0.6 is 15.9 Å². The molecule has 1 fully saturated rings. The van der Waals surface area contributed by atoms with Gasteiger partial charge in [-0.3, -0.25) is 4.90 Å². The predicted molar refractivity (Wildman–Crippen MR) is 82.5 cm³/mol. The summed E-state index contributed by atoms with van der Waals surface area (Å²) in [5, 5.41) is 13.3. The molecular weight excluding hydrogens is 334 g/mol. The molecule has 1 aliphatic rings. The lowest BCUT2D eigenvalue weighted by molar-refractivity contribution is 0.107. The van der Waals surface area contributed by atoms with Gasteiger partial charge in [0.2, 0.25) is 11.7 Å². The van der Waals surface area contributed by atoms with E-state index in [4.69, 9.17) is 4.52 Å². The largest absolute Gasteiger partial charge is 0.396 e. The number of aliphatic hydroxyl groups is 1. The summed E-state index contributed by atoms with van der Waals surface area (Å²) in [5.74, 6) is 1.61. The van der Waals surface area contributed by atoms with Crippen molar-refractivity contribution in [3.8, 4) is 11.4 Å². The molecule has 112 valence electrons. The topological polar surface area (TPSA) is 62.4 Å². The highest BCUT2D eigenvalue weighted by atomic mass is 79.9. The van der Waals surface area contributed by atoms with Crippen LogP contribution in [0, 0.1) is 5.92 Å². The zero-order chi connectivity index (χ0) is 14.7. The summed E-state index contributed by atoms with van der Waals surface area (Å²) in [6.07, 6.45) is 2.21. The number of hydrogen-bond donors (Lipinski definition) is 1. The van der Waals surface area contributed by atoms with Crippen molar-refractivity contribution in [3.05, 3.63) is 34.6 Å². The minimum atomic E-state index is 0.254. The SMILES string of the molecule is OCC1CCCN(Cc2nc(-c3cccc(Br)c3)no2)C1. The Balaban J connectivity index is 1.68. The molecule has 1 N–H and O–H groups in total. The van der Waals surface area contributed by atoms with Crippen LogP contribution in [0.25, 0.3) is 11.4 Å². The summed E-state index contributed by atoms with van der Waals surface area (Å²) in [6.45, 7) is 2.82. The monoisotopic (exact) mass is 351 g/mol. The van der Waals surface area contributed by atoms with Crippen LogP contribution in [-0.4, -0.2) is 39.8 Å². The van der Waals surface area contributed by atoms with Gasteiger partial charge in [0.25, 0.3) is 0 Å². The van der Waals surface area contributed by atoms with Crippen LogP contribution in [-0.2, 0) is 6.54 Å². The van der Waals surface area contributed by atoms with Gasteiger partial charge in [-0.15, -0.1) is 0 Å². The van der Waals surface area contributed by atoms with E-state index in [-0.39, 0.29) is 6.61 Å². The first-order valence-electron chi connectivity index (χ1n) is 7.16. The maximum absolute atomic E-state index is 9.27. The zero-order valence-electron chi connectivity index (χ0n) is 11.7. The van der Waals surface area contributed by atoms with E-state index in [0.29, 0.717) is 24.2 Å². The molecule has 2 heterocycles. The Morgan fingerprint density at radius 1 is 1.43 bits per heavy atom. The van der Waals surface area contributed by atoms with E-state index < -0.39 is 0 Å². The molecule has 6 heteroatoms. The highest BCUT2D eigenvalue weighted by molar-refractivity contribution is 9.10. The minimum absolute atomic E-state index is 0.254. The smallest absolute Gasteiger partial charge is 0.241 e. The molecule has 1 aromatic heterocycles. The number of rotatable bonds is 4. The van der Waals surface area contributed by atoms with Crippen LogP contribution in [0.4, 0.5) is 0 Å². The fourth-order valence-corrected chi connectivity index (χ4v) is 3.10. The Hall–Kier alpha value is -1.24. The van der Waals surface area contributed by atoms with Gasteiger partial charge in [-0.1, -0.05) is 33.2 Å². The molecule has 0 amide bonds. The third-order valence-corrected chi connectivity index (χ3v) is 4.26. The van der Waals surface area contributed by atoms with E-state index in [1.807, 2.05) is 24.3 Å². The first-order chi connectivity index (χ1) is 10.2. The van der Waals surface area contributed by atoms with Crippen molar-refractivity contribution in [3.63, 3.8) is 0 Å². The number of halogens is 1. The number of hydrogen-bond acceptors (Lipinski definition) is 5. The van der Waals surface area contributed by atoms with Gasteiger partial charge in [0, 0.05) is 23.2 Å². The lowest BCUT2D eigenvalue weighted by Crippen LogP contribution is -2.36. The minimum Gasteiger partial charge on any atom is -0.396 e. The summed E-state index contributed by atoms with van der Waals surface area (Å²) in [5.41, 5.74) is 0.936. The molecule has 1 aliphatic heterocycles. The maximum atomic E-state index is 9.27. The number of piperidine rings is 1. The van der Waals surface area contributed by atoms with E-state index in [0.717, 1.165) is 36.0 Å². The van der Waals surface area contributed by atoms with E-state index in [2.05, 4.69) is 31.0 Å². The second-order valence-corrected chi connectivity index (χ2v) is 6.36. The van der Waals surface area contributed by atoms with E-state index in [9.17, 15) is 5.11 Å². The van der Waals surface area contributed by atoms with E-state index >= 15 is 0 Å². The fraction of sp³-hybridized carbons (Fsp3) is 0.467. The van der Waals surface area contributed by atoms with Crippen LogP contribution in [0.5, 0.6) is 0 Å². The summed E-state index contributed by atoms with van der Waals surface area (Å²) >= 11 is 3.44. The third-order valence-electron chi connectivity index (χ3n) is 3.77. The molecule has 1 saturated heterocycles. The van der Waals surface area contributed by atoms with Crippen LogP contribution < -0.4 is 0 Å². The Labute approximate surface area is 132 Å². The zero-order valence-corrected chi connectivity index (χ0v) is 13.3. The van der Waals surface area contributed by atoms with Crippen LogP contribution in [0.15, 0.2) is 33.3 Å². The average molecular weight is 352 g/mol. The van der Waals surface area contributed by atoms with E-state index in [1.165, 1.54) is 0 Å². The second kappa shape index (κ2) is 6.68. The van der Waals surface area contributed by atoms with Crippen molar-refractivity contribution in [2.75, 3.05) is 19.7 Å². The van der Waals surface area contributed by atoms with Gasteiger partial charge in [0.05, 0.1) is 6.54 Å². The molecule has 0 spiro atoms. The van der Waals surface area contributed by atoms with E-state index in [1.54, 1.807) is 0 Å². The van der Waals surface area contributed by atoms with Crippen molar-refractivity contribution >= 4 is 15.9 Å². The fourth-order valence-electron chi connectivity index (χ4n) is 2.70. The summed E-state index contributed by atoms with van der Waals surface area (Å²) in [4.78, 5) is 6.73. The molecule has 0 bridgehead atoms. The number of aromatic nitrogens is 2. The quantitative estimate of drug-likeness (QED) is 0.917. The molecule has 21 heavy (non-hydrogen) atoms. The van der Waals surface area contributed by atoms with Crippen LogP contribution in [0.1, 0.15) is 18.7 Å². The molecular formula is C15H18BrN3O2. The van der Waals surface area contributed by atoms with Gasteiger partial charge in [-0.05, 0) is 37.4 Å². The predicted octanol–water partition coefficient (Wildman–Crippen LogP) is 2.70. The average Bonchev–Trinajstić information content (AvgIpc) is 2.96. The van der Waals surface area contributed by atoms with Gasteiger partial charge in [-0.2, -0.15) is 4.98 Å². The van der Waals surface area contributed by atoms with Gasteiger partial charge >= 0.3 is 0 Å². The van der Waals surface area contributed by atoms with Crippen LogP contribution in [0.3, 0.4) is 0 Å².